The minimum Gasteiger partial charge on any atom is -0.393 e. The van der Waals surface area contributed by atoms with E-state index in [9.17, 15) is 13.5 Å². The number of hydrogen-bond acceptors (Lipinski definition) is 3. The first-order valence-corrected chi connectivity index (χ1v) is 7.80. The second-order valence-electron chi connectivity index (χ2n) is 4.79. The first-order chi connectivity index (χ1) is 7.97. The molecule has 102 valence electrons. The van der Waals surface area contributed by atoms with E-state index in [4.69, 9.17) is 0 Å². The maximum absolute atomic E-state index is 11.8. The van der Waals surface area contributed by atoms with E-state index in [1.807, 2.05) is 6.92 Å². The second kappa shape index (κ2) is 6.68. The van der Waals surface area contributed by atoms with E-state index in [2.05, 4.69) is 4.72 Å². The number of nitrogens with zero attached hydrogens (tertiary/aromatic N) is 1. The van der Waals surface area contributed by atoms with E-state index in [0.29, 0.717) is 13.1 Å². The number of hydrogen-bond donors (Lipinski definition) is 2. The van der Waals surface area contributed by atoms with E-state index in [0.717, 1.165) is 32.1 Å². The first-order valence-electron chi connectivity index (χ1n) is 6.36. The van der Waals surface area contributed by atoms with Gasteiger partial charge in [-0.1, -0.05) is 19.8 Å². The van der Waals surface area contributed by atoms with Crippen molar-refractivity contribution < 1.29 is 13.5 Å². The fraction of sp³-hybridized carbons (Fsp3) is 1.00. The minimum atomic E-state index is -3.37. The molecule has 2 atom stereocenters. The molecule has 1 aliphatic rings. The van der Waals surface area contributed by atoms with E-state index in [1.54, 1.807) is 7.05 Å². The lowest BCUT2D eigenvalue weighted by atomic mass is 10.1. The van der Waals surface area contributed by atoms with Gasteiger partial charge in [0.2, 0.25) is 0 Å². The highest BCUT2D eigenvalue weighted by Gasteiger charge is 2.27. The van der Waals surface area contributed by atoms with Crippen molar-refractivity contribution in [2.45, 2.75) is 45.1 Å². The van der Waals surface area contributed by atoms with Crippen molar-refractivity contribution in [3.63, 3.8) is 0 Å². The molecule has 0 spiro atoms. The number of aliphatic hydroxyl groups is 1. The predicted octanol–water partition coefficient (Wildman–Crippen LogP) is 0.714. The third kappa shape index (κ3) is 4.54. The largest absolute Gasteiger partial charge is 0.393 e. The van der Waals surface area contributed by atoms with Crippen LogP contribution in [0, 0.1) is 5.92 Å². The Morgan fingerprint density at radius 3 is 2.65 bits per heavy atom. The lowest BCUT2D eigenvalue weighted by Crippen LogP contribution is -2.41. The molecule has 0 aromatic carbocycles. The number of aliphatic hydroxyl groups excluding tert-OH is 1. The minimum absolute atomic E-state index is 0.0735. The van der Waals surface area contributed by atoms with Crippen molar-refractivity contribution >= 4 is 10.2 Å². The average molecular weight is 264 g/mol. The average Bonchev–Trinajstić information content (AvgIpc) is 2.69. The van der Waals surface area contributed by atoms with Gasteiger partial charge in [-0.15, -0.1) is 0 Å². The lowest BCUT2D eigenvalue weighted by Gasteiger charge is -2.20. The standard InChI is InChI=1S/C11H24N2O3S/c1-3-4-8-13(2)17(15,16)12-9-10-6-5-7-11(10)14/h10-12,14H,3-9H2,1-2H3. The molecule has 0 heterocycles. The second-order valence-corrected chi connectivity index (χ2v) is 6.65. The Morgan fingerprint density at radius 2 is 2.12 bits per heavy atom. The molecule has 0 aromatic heterocycles. The Balaban J connectivity index is 2.38. The molecule has 0 radical (unpaired) electrons. The normalized spacial score (nSPS) is 25.6. The summed E-state index contributed by atoms with van der Waals surface area (Å²) in [6.07, 6.45) is 4.17. The van der Waals surface area contributed by atoms with Crippen LogP contribution in [0.25, 0.3) is 0 Å². The van der Waals surface area contributed by atoms with Gasteiger partial charge in [0.25, 0.3) is 10.2 Å². The molecule has 1 fully saturated rings. The van der Waals surface area contributed by atoms with Gasteiger partial charge < -0.3 is 5.11 Å². The molecule has 0 aromatic rings. The number of unbranched alkanes of at least 4 members (excludes halogenated alkanes) is 1. The maximum atomic E-state index is 11.8. The first kappa shape index (κ1) is 14.9. The van der Waals surface area contributed by atoms with Crippen molar-refractivity contribution in [1.29, 1.82) is 0 Å². The molecule has 0 saturated heterocycles. The van der Waals surface area contributed by atoms with Gasteiger partial charge in [-0.05, 0) is 25.2 Å². The van der Waals surface area contributed by atoms with Gasteiger partial charge in [0.15, 0.2) is 0 Å². The Labute approximate surface area is 104 Å². The topological polar surface area (TPSA) is 69.6 Å². The molecule has 0 amide bonds. The fourth-order valence-electron chi connectivity index (χ4n) is 2.08. The molecule has 1 rings (SSSR count). The SMILES string of the molecule is CCCCN(C)S(=O)(=O)NCC1CCCC1O. The van der Waals surface area contributed by atoms with Gasteiger partial charge in [0.05, 0.1) is 6.10 Å². The lowest BCUT2D eigenvalue weighted by molar-refractivity contribution is 0.134. The zero-order chi connectivity index (χ0) is 12.9. The molecule has 2 N–H and O–H groups in total. The summed E-state index contributed by atoms with van der Waals surface area (Å²) in [7, 11) is -1.78. The Bertz CT molecular complexity index is 319. The van der Waals surface area contributed by atoms with Crippen LogP contribution < -0.4 is 4.72 Å². The van der Waals surface area contributed by atoms with Crippen LogP contribution in [0.15, 0.2) is 0 Å². The molecular weight excluding hydrogens is 240 g/mol. The summed E-state index contributed by atoms with van der Waals surface area (Å²) in [5.41, 5.74) is 0. The van der Waals surface area contributed by atoms with Crippen LogP contribution in [0.5, 0.6) is 0 Å². The molecule has 5 nitrogen and oxygen atoms in total. The zero-order valence-corrected chi connectivity index (χ0v) is 11.5. The molecule has 0 aliphatic heterocycles. The van der Waals surface area contributed by atoms with E-state index in [-0.39, 0.29) is 12.0 Å². The van der Waals surface area contributed by atoms with Crippen LogP contribution in [-0.2, 0) is 10.2 Å². The van der Waals surface area contributed by atoms with Crippen LogP contribution in [0.4, 0.5) is 0 Å². The van der Waals surface area contributed by atoms with Gasteiger partial charge in [-0.25, -0.2) is 4.72 Å². The molecule has 1 aliphatic carbocycles. The summed E-state index contributed by atoms with van der Waals surface area (Å²) in [6.45, 7) is 2.92. The van der Waals surface area contributed by atoms with Crippen LogP contribution >= 0.6 is 0 Å². The van der Waals surface area contributed by atoms with Gasteiger partial charge in [0, 0.05) is 20.1 Å². The van der Waals surface area contributed by atoms with Crippen LogP contribution in [0.1, 0.15) is 39.0 Å². The summed E-state index contributed by atoms with van der Waals surface area (Å²) in [4.78, 5) is 0. The Kier molecular flexibility index (Phi) is 5.85. The van der Waals surface area contributed by atoms with Crippen molar-refractivity contribution in [3.8, 4) is 0 Å². The molecule has 2 unspecified atom stereocenters. The summed E-state index contributed by atoms with van der Waals surface area (Å²) in [6, 6.07) is 0. The summed E-state index contributed by atoms with van der Waals surface area (Å²) < 4.78 is 27.6. The fourth-order valence-corrected chi connectivity index (χ4v) is 3.09. The maximum Gasteiger partial charge on any atom is 0.279 e. The summed E-state index contributed by atoms with van der Waals surface area (Å²) in [5, 5.41) is 9.62. The molecule has 17 heavy (non-hydrogen) atoms. The molecule has 0 bridgehead atoms. The molecule has 1 saturated carbocycles. The van der Waals surface area contributed by atoms with Crippen molar-refractivity contribution in [3.05, 3.63) is 0 Å². The third-order valence-electron chi connectivity index (χ3n) is 3.38. The van der Waals surface area contributed by atoms with Crippen molar-refractivity contribution in [2.75, 3.05) is 20.1 Å². The third-order valence-corrected chi connectivity index (χ3v) is 4.92. The van der Waals surface area contributed by atoms with Crippen LogP contribution in [0.2, 0.25) is 0 Å². The monoisotopic (exact) mass is 264 g/mol. The highest BCUT2D eigenvalue weighted by atomic mass is 32.2. The molecule has 6 heteroatoms. The van der Waals surface area contributed by atoms with Crippen LogP contribution in [0.3, 0.4) is 0 Å². The summed E-state index contributed by atoms with van der Waals surface area (Å²) >= 11 is 0. The smallest absolute Gasteiger partial charge is 0.279 e. The Hall–Kier alpha value is -0.170. The van der Waals surface area contributed by atoms with Crippen molar-refractivity contribution in [2.24, 2.45) is 5.92 Å². The van der Waals surface area contributed by atoms with E-state index < -0.39 is 10.2 Å². The van der Waals surface area contributed by atoms with Gasteiger partial charge in [0.1, 0.15) is 0 Å². The van der Waals surface area contributed by atoms with Crippen molar-refractivity contribution in [1.82, 2.24) is 9.03 Å². The highest BCUT2D eigenvalue weighted by Crippen LogP contribution is 2.24. The van der Waals surface area contributed by atoms with Crippen LogP contribution in [-0.4, -0.2) is 44.1 Å². The van der Waals surface area contributed by atoms with Gasteiger partial charge >= 0.3 is 0 Å². The van der Waals surface area contributed by atoms with Gasteiger partial charge in [-0.2, -0.15) is 12.7 Å². The highest BCUT2D eigenvalue weighted by molar-refractivity contribution is 7.87. The summed E-state index contributed by atoms with van der Waals surface area (Å²) in [5.74, 6) is 0.0735. The predicted molar refractivity (Wildman–Crippen MR) is 67.8 cm³/mol. The molecular formula is C11H24N2O3S. The number of nitrogens with one attached hydrogen (secondary N) is 1. The zero-order valence-electron chi connectivity index (χ0n) is 10.7. The number of rotatable bonds is 7. The quantitative estimate of drug-likeness (QED) is 0.711. The van der Waals surface area contributed by atoms with E-state index in [1.165, 1.54) is 4.31 Å². The Morgan fingerprint density at radius 1 is 1.41 bits per heavy atom. The van der Waals surface area contributed by atoms with E-state index >= 15 is 0 Å². The van der Waals surface area contributed by atoms with Gasteiger partial charge in [-0.3, -0.25) is 0 Å².